The third kappa shape index (κ3) is 1.44. The first-order valence-corrected chi connectivity index (χ1v) is 4.76. The maximum Gasteiger partial charge on any atom is 0.178 e. The molecular weight excluding hydrogens is 206 g/mol. The van der Waals surface area contributed by atoms with Gasteiger partial charge in [-0.15, -0.1) is 11.3 Å². The van der Waals surface area contributed by atoms with Crippen LogP contribution in [0.25, 0.3) is 10.7 Å². The summed E-state index contributed by atoms with van der Waals surface area (Å²) in [7, 11) is 0. The highest BCUT2D eigenvalue weighted by Gasteiger charge is 2.09. The van der Waals surface area contributed by atoms with Crippen LogP contribution in [-0.4, -0.2) is 9.97 Å². The summed E-state index contributed by atoms with van der Waals surface area (Å²) in [6, 6.07) is 5.74. The summed E-state index contributed by atoms with van der Waals surface area (Å²) in [6.07, 6.45) is 0. The van der Waals surface area contributed by atoms with Crippen LogP contribution in [-0.2, 0) is 0 Å². The van der Waals surface area contributed by atoms with Gasteiger partial charge in [0.2, 0.25) is 0 Å². The molecule has 0 fully saturated rings. The highest BCUT2D eigenvalue weighted by Crippen LogP contribution is 2.24. The fourth-order valence-electron chi connectivity index (χ4n) is 0.956. The number of imidazole rings is 1. The lowest BCUT2D eigenvalue weighted by Gasteiger charge is -1.85. The molecule has 0 aliphatic rings. The van der Waals surface area contributed by atoms with Crippen LogP contribution in [0.5, 0.6) is 0 Å². The number of thiophene rings is 1. The van der Waals surface area contributed by atoms with Gasteiger partial charge in [0.15, 0.2) is 5.69 Å². The normalized spacial score (nSPS) is 9.85. The summed E-state index contributed by atoms with van der Waals surface area (Å²) in [5.74, 6) is 0.650. The van der Waals surface area contributed by atoms with Crippen LogP contribution in [0.4, 0.5) is 0 Å². The van der Waals surface area contributed by atoms with Crippen LogP contribution in [0.15, 0.2) is 17.5 Å². The number of nitrogens with zero attached hydrogens (tertiary/aromatic N) is 2. The quantitative estimate of drug-likeness (QED) is 0.785. The van der Waals surface area contributed by atoms with Crippen molar-refractivity contribution in [3.8, 4) is 16.8 Å². The maximum atomic E-state index is 8.62. The van der Waals surface area contributed by atoms with Crippen molar-refractivity contribution in [2.45, 2.75) is 0 Å². The predicted octanol–water partition coefficient (Wildman–Crippen LogP) is 2.66. The van der Waals surface area contributed by atoms with Crippen molar-refractivity contribution in [1.82, 2.24) is 9.97 Å². The van der Waals surface area contributed by atoms with E-state index in [-0.39, 0.29) is 5.69 Å². The topological polar surface area (TPSA) is 52.5 Å². The van der Waals surface area contributed by atoms with E-state index in [0.29, 0.717) is 11.0 Å². The molecule has 64 valence electrons. The predicted molar refractivity (Wildman–Crippen MR) is 51.6 cm³/mol. The largest absolute Gasteiger partial charge is 0.327 e. The standard InChI is InChI=1S/C8H4ClN3S/c9-7-5(4-10)11-8(12-7)6-2-1-3-13-6/h1-3H,(H,11,12). The lowest BCUT2D eigenvalue weighted by Crippen LogP contribution is -1.74. The molecule has 0 atom stereocenters. The average Bonchev–Trinajstić information content (AvgIpc) is 2.71. The van der Waals surface area contributed by atoms with E-state index in [4.69, 9.17) is 16.9 Å². The zero-order chi connectivity index (χ0) is 9.26. The molecule has 2 aromatic rings. The number of rotatable bonds is 1. The minimum atomic E-state index is 0.241. The number of aromatic nitrogens is 2. The Morgan fingerprint density at radius 3 is 3.00 bits per heavy atom. The van der Waals surface area contributed by atoms with E-state index in [9.17, 15) is 0 Å². The number of hydrogen-bond donors (Lipinski definition) is 1. The third-order valence-electron chi connectivity index (χ3n) is 1.52. The van der Waals surface area contributed by atoms with Crippen LogP contribution in [0, 0.1) is 11.3 Å². The Balaban J connectivity index is 2.50. The van der Waals surface area contributed by atoms with Crippen LogP contribution in [0.3, 0.4) is 0 Å². The maximum absolute atomic E-state index is 8.62. The molecule has 13 heavy (non-hydrogen) atoms. The van der Waals surface area contributed by atoms with Gasteiger partial charge < -0.3 is 4.98 Å². The zero-order valence-electron chi connectivity index (χ0n) is 6.41. The van der Waals surface area contributed by atoms with Gasteiger partial charge in [0.25, 0.3) is 0 Å². The molecule has 5 heteroatoms. The molecule has 0 saturated carbocycles. The second kappa shape index (κ2) is 3.21. The van der Waals surface area contributed by atoms with E-state index in [1.165, 1.54) is 0 Å². The van der Waals surface area contributed by atoms with Crippen molar-refractivity contribution in [2.75, 3.05) is 0 Å². The van der Waals surface area contributed by atoms with E-state index >= 15 is 0 Å². The molecule has 0 aromatic carbocycles. The number of halogens is 1. The Hall–Kier alpha value is -1.31. The van der Waals surface area contributed by atoms with Crippen molar-refractivity contribution < 1.29 is 0 Å². The fraction of sp³-hybridized carbons (Fsp3) is 0. The highest BCUT2D eigenvalue weighted by atomic mass is 35.5. The lowest BCUT2D eigenvalue weighted by atomic mass is 10.4. The Morgan fingerprint density at radius 1 is 1.62 bits per heavy atom. The summed E-state index contributed by atoms with van der Waals surface area (Å²) >= 11 is 7.27. The SMILES string of the molecule is N#Cc1nc(-c2cccs2)[nH]c1Cl. The molecule has 0 spiro atoms. The molecule has 0 amide bonds. The van der Waals surface area contributed by atoms with Gasteiger partial charge in [0.1, 0.15) is 17.0 Å². The fourth-order valence-corrected chi connectivity index (χ4v) is 1.80. The van der Waals surface area contributed by atoms with Gasteiger partial charge in [0, 0.05) is 0 Å². The summed E-state index contributed by atoms with van der Waals surface area (Å²) in [5, 5.41) is 10.9. The lowest BCUT2D eigenvalue weighted by molar-refractivity contribution is 1.31. The van der Waals surface area contributed by atoms with Crippen molar-refractivity contribution >= 4 is 22.9 Å². The first-order valence-electron chi connectivity index (χ1n) is 3.50. The Morgan fingerprint density at radius 2 is 2.46 bits per heavy atom. The molecule has 2 rings (SSSR count). The molecule has 0 unspecified atom stereocenters. The number of nitrogens with one attached hydrogen (secondary N) is 1. The zero-order valence-corrected chi connectivity index (χ0v) is 7.99. The molecular formula is C8H4ClN3S. The smallest absolute Gasteiger partial charge is 0.178 e. The molecule has 2 heterocycles. The van der Waals surface area contributed by atoms with Gasteiger partial charge in [-0.3, -0.25) is 0 Å². The minimum absolute atomic E-state index is 0.241. The van der Waals surface area contributed by atoms with E-state index in [2.05, 4.69) is 9.97 Å². The summed E-state index contributed by atoms with van der Waals surface area (Å²) in [6.45, 7) is 0. The number of nitriles is 1. The van der Waals surface area contributed by atoms with E-state index < -0.39 is 0 Å². The van der Waals surface area contributed by atoms with Gasteiger partial charge in [-0.1, -0.05) is 17.7 Å². The molecule has 3 nitrogen and oxygen atoms in total. The first kappa shape index (κ1) is 8.30. The molecule has 0 bridgehead atoms. The Bertz CT molecular complexity index is 452. The van der Waals surface area contributed by atoms with Crippen molar-refractivity contribution in [3.05, 3.63) is 28.4 Å². The van der Waals surface area contributed by atoms with Gasteiger partial charge in [-0.05, 0) is 11.4 Å². The molecule has 0 radical (unpaired) electrons. The molecule has 0 aliphatic carbocycles. The van der Waals surface area contributed by atoms with Crippen LogP contribution in [0.1, 0.15) is 5.69 Å². The highest BCUT2D eigenvalue weighted by molar-refractivity contribution is 7.13. The van der Waals surface area contributed by atoms with Crippen LogP contribution >= 0.6 is 22.9 Å². The van der Waals surface area contributed by atoms with Crippen molar-refractivity contribution in [2.24, 2.45) is 0 Å². The molecule has 2 aromatic heterocycles. The second-order valence-electron chi connectivity index (χ2n) is 2.34. The van der Waals surface area contributed by atoms with Crippen molar-refractivity contribution in [1.29, 1.82) is 5.26 Å². The molecule has 0 aliphatic heterocycles. The van der Waals surface area contributed by atoms with Gasteiger partial charge in [-0.25, -0.2) is 4.98 Å². The first-order chi connectivity index (χ1) is 6.31. The monoisotopic (exact) mass is 209 g/mol. The van der Waals surface area contributed by atoms with E-state index in [1.807, 2.05) is 23.6 Å². The Kier molecular flexibility index (Phi) is 2.05. The number of H-pyrrole nitrogens is 1. The number of hydrogen-bond acceptors (Lipinski definition) is 3. The van der Waals surface area contributed by atoms with Gasteiger partial charge in [0.05, 0.1) is 4.88 Å². The van der Waals surface area contributed by atoms with E-state index in [1.54, 1.807) is 11.3 Å². The van der Waals surface area contributed by atoms with Crippen LogP contribution in [0.2, 0.25) is 5.15 Å². The second-order valence-corrected chi connectivity index (χ2v) is 3.66. The summed E-state index contributed by atoms with van der Waals surface area (Å²) in [4.78, 5) is 7.85. The third-order valence-corrected chi connectivity index (χ3v) is 2.67. The Labute approximate surface area is 83.6 Å². The molecule has 0 saturated heterocycles. The van der Waals surface area contributed by atoms with Crippen molar-refractivity contribution in [3.63, 3.8) is 0 Å². The van der Waals surface area contributed by atoms with E-state index in [0.717, 1.165) is 4.88 Å². The summed E-state index contributed by atoms with van der Waals surface area (Å²) < 4.78 is 0. The minimum Gasteiger partial charge on any atom is -0.327 e. The van der Waals surface area contributed by atoms with Gasteiger partial charge >= 0.3 is 0 Å². The summed E-state index contributed by atoms with van der Waals surface area (Å²) in [5.41, 5.74) is 0.241. The van der Waals surface area contributed by atoms with Gasteiger partial charge in [-0.2, -0.15) is 5.26 Å². The van der Waals surface area contributed by atoms with Crippen LogP contribution < -0.4 is 0 Å². The molecule has 1 N–H and O–H groups in total. The average molecular weight is 210 g/mol. The number of aromatic amines is 1.